The van der Waals surface area contributed by atoms with Crippen molar-refractivity contribution in [1.29, 1.82) is 0 Å². The Balaban J connectivity index is 1.35. The molecule has 1 amide bonds. The van der Waals surface area contributed by atoms with Crippen molar-refractivity contribution < 1.29 is 89.4 Å². The first-order valence-corrected chi connectivity index (χ1v) is 42.6. The number of amides is 1. The van der Waals surface area contributed by atoms with Crippen LogP contribution in [-0.4, -0.2) is 193 Å². The van der Waals surface area contributed by atoms with Gasteiger partial charge in [0.1, 0.15) is 73.2 Å². The van der Waals surface area contributed by atoms with E-state index >= 15 is 0 Å². The summed E-state index contributed by atoms with van der Waals surface area (Å²) in [6.45, 7) is 1.63. The van der Waals surface area contributed by atoms with Crippen LogP contribution in [0, 0.1) is 0 Å². The molecule has 3 heterocycles. The quantitative estimate of drug-likeness (QED) is 0.0199. The standard InChI is InChI=1S/C90H151NO18/c1-3-5-7-9-11-13-15-17-19-21-23-25-27-28-29-30-31-32-33-34-35-36-37-38-39-40-41-42-43-44-46-48-50-52-54-56-58-60-62-64-66-68-78(96)91-73(74(95)67-65-63-61-59-57-55-53-51-49-47-45-26-24-22-20-18-16-14-12-10-8-6-4-2)72-104-88-84(102)81(99)86(76(70-93)106-88)109-90-85(103)82(100)87(77(71-94)107-90)108-89-83(101)80(98)79(97)75(69-92)105-89/h5,7,11,13,17,19,23,25,28-29,31-32,34-35,37-38,40-41,43-44,48,50,65,67,73-77,79-90,92-95,97-103H,3-4,6,8-10,12,14-16,18,20-22,24,26-27,30,33,36,39,42,45-47,49,51-64,66,68-72H2,1-2H3,(H,91,96)/b7-5-,13-11-,19-17-,25-23-,29-28-,32-31-,35-34-,38-37-,41-40-,44-43-,50-48-,67-65+. The number of aliphatic hydroxyl groups is 11. The third kappa shape index (κ3) is 47.2. The first-order chi connectivity index (χ1) is 53.3. The molecular weight excluding hydrogens is 1380 g/mol. The number of unbranched alkanes of at least 4 members (excludes halogenated alkanes) is 28. The van der Waals surface area contributed by atoms with Crippen molar-refractivity contribution in [3.63, 3.8) is 0 Å². The minimum Gasteiger partial charge on any atom is -0.394 e. The number of hydrogen-bond acceptors (Lipinski definition) is 18. The third-order valence-electron chi connectivity index (χ3n) is 20.1. The van der Waals surface area contributed by atoms with Crippen LogP contribution in [0.3, 0.4) is 0 Å². The monoisotopic (exact) mass is 1530 g/mol. The van der Waals surface area contributed by atoms with Gasteiger partial charge in [-0.15, -0.1) is 0 Å². The maximum atomic E-state index is 13.5. The summed E-state index contributed by atoms with van der Waals surface area (Å²) in [5.74, 6) is -0.290. The van der Waals surface area contributed by atoms with Crippen molar-refractivity contribution in [3.05, 3.63) is 146 Å². The highest BCUT2D eigenvalue weighted by Gasteiger charge is 2.54. The van der Waals surface area contributed by atoms with Gasteiger partial charge < -0.3 is 89.9 Å². The highest BCUT2D eigenvalue weighted by molar-refractivity contribution is 5.76. The van der Waals surface area contributed by atoms with E-state index in [0.717, 1.165) is 141 Å². The smallest absolute Gasteiger partial charge is 0.220 e. The molecule has 0 spiro atoms. The van der Waals surface area contributed by atoms with E-state index in [1.54, 1.807) is 6.08 Å². The lowest BCUT2D eigenvalue weighted by atomic mass is 9.96. The average Bonchev–Trinajstić information content (AvgIpc) is 0.760. The van der Waals surface area contributed by atoms with Crippen LogP contribution in [0.1, 0.15) is 284 Å². The highest BCUT2D eigenvalue weighted by atomic mass is 16.8. The van der Waals surface area contributed by atoms with Crippen molar-refractivity contribution in [2.45, 2.75) is 388 Å². The summed E-state index contributed by atoms with van der Waals surface area (Å²) in [4.78, 5) is 13.5. The molecule has 17 atom stereocenters. The molecule has 0 aliphatic carbocycles. The van der Waals surface area contributed by atoms with Gasteiger partial charge >= 0.3 is 0 Å². The Kier molecular flexibility index (Phi) is 61.8. The maximum Gasteiger partial charge on any atom is 0.220 e. The fourth-order valence-electron chi connectivity index (χ4n) is 13.4. The Labute approximate surface area is 657 Å². The van der Waals surface area contributed by atoms with E-state index in [2.05, 4.69) is 153 Å². The van der Waals surface area contributed by atoms with E-state index in [0.29, 0.717) is 6.42 Å². The largest absolute Gasteiger partial charge is 0.394 e. The van der Waals surface area contributed by atoms with E-state index in [9.17, 15) is 61.0 Å². The molecule has 0 radical (unpaired) electrons. The number of allylic oxidation sites excluding steroid dienone is 23. The minimum atomic E-state index is -1.99. The normalized spacial score (nSPS) is 26.0. The van der Waals surface area contributed by atoms with Gasteiger partial charge in [0.25, 0.3) is 0 Å². The van der Waals surface area contributed by atoms with Crippen LogP contribution in [0.25, 0.3) is 0 Å². The fraction of sp³-hybridized carbons (Fsp3) is 0.722. The van der Waals surface area contributed by atoms with Crippen LogP contribution in [-0.2, 0) is 33.2 Å². The summed E-state index contributed by atoms with van der Waals surface area (Å²) >= 11 is 0. The molecule has 0 aromatic rings. The Bertz CT molecular complexity index is 2540. The molecule has 624 valence electrons. The van der Waals surface area contributed by atoms with Gasteiger partial charge in [-0.05, 0) is 103 Å². The zero-order chi connectivity index (χ0) is 78.8. The summed E-state index contributed by atoms with van der Waals surface area (Å²) in [6, 6.07) is -0.991. The van der Waals surface area contributed by atoms with Crippen LogP contribution < -0.4 is 5.32 Å². The maximum absolute atomic E-state index is 13.5. The second kappa shape index (κ2) is 68.1. The number of hydrogen-bond donors (Lipinski definition) is 12. The van der Waals surface area contributed by atoms with E-state index in [1.807, 2.05) is 6.08 Å². The van der Waals surface area contributed by atoms with Gasteiger partial charge in [-0.25, -0.2) is 0 Å². The molecule has 3 aliphatic rings. The molecule has 0 saturated carbocycles. The molecule has 3 aliphatic heterocycles. The van der Waals surface area contributed by atoms with Crippen LogP contribution in [0.2, 0.25) is 0 Å². The number of aliphatic hydroxyl groups excluding tert-OH is 11. The summed E-state index contributed by atoms with van der Waals surface area (Å²) in [6.07, 6.45) is 72.5. The van der Waals surface area contributed by atoms with Gasteiger partial charge in [0.2, 0.25) is 5.91 Å². The van der Waals surface area contributed by atoms with Crippen molar-refractivity contribution in [2.24, 2.45) is 0 Å². The zero-order valence-corrected chi connectivity index (χ0v) is 67.0. The predicted octanol–water partition coefficient (Wildman–Crippen LogP) is 15.4. The lowest BCUT2D eigenvalue weighted by Crippen LogP contribution is -2.66. The summed E-state index contributed by atoms with van der Waals surface area (Å²) in [5, 5.41) is 121. The molecule has 3 rings (SSSR count). The molecule has 19 nitrogen and oxygen atoms in total. The summed E-state index contributed by atoms with van der Waals surface area (Å²) < 4.78 is 34.5. The van der Waals surface area contributed by atoms with Gasteiger partial charge in [-0.1, -0.05) is 320 Å². The summed E-state index contributed by atoms with van der Waals surface area (Å²) in [5.41, 5.74) is 0. The molecule has 109 heavy (non-hydrogen) atoms. The van der Waals surface area contributed by atoms with E-state index < -0.39 is 124 Å². The number of carbonyl (C=O) groups is 1. The van der Waals surface area contributed by atoms with Gasteiger partial charge in [0.05, 0.1) is 38.6 Å². The van der Waals surface area contributed by atoms with Crippen LogP contribution >= 0.6 is 0 Å². The predicted molar refractivity (Wildman–Crippen MR) is 438 cm³/mol. The number of carbonyl (C=O) groups excluding carboxylic acids is 1. The van der Waals surface area contributed by atoms with Crippen LogP contribution in [0.5, 0.6) is 0 Å². The van der Waals surface area contributed by atoms with Crippen LogP contribution in [0.15, 0.2) is 146 Å². The second-order valence-electron chi connectivity index (χ2n) is 29.6. The van der Waals surface area contributed by atoms with Crippen molar-refractivity contribution in [3.8, 4) is 0 Å². The fourth-order valence-corrected chi connectivity index (χ4v) is 13.4. The molecule has 3 saturated heterocycles. The molecule has 3 fully saturated rings. The number of rotatable bonds is 66. The molecular formula is C90H151NO18. The molecule has 0 aromatic heterocycles. The Morgan fingerprint density at radius 3 is 0.991 bits per heavy atom. The van der Waals surface area contributed by atoms with Crippen molar-refractivity contribution >= 4 is 5.91 Å². The lowest BCUT2D eigenvalue weighted by Gasteiger charge is -2.48. The Hall–Kier alpha value is -4.33. The molecule has 17 unspecified atom stereocenters. The molecule has 12 N–H and O–H groups in total. The van der Waals surface area contributed by atoms with Gasteiger partial charge in [-0.3, -0.25) is 4.79 Å². The average molecular weight is 1540 g/mol. The van der Waals surface area contributed by atoms with Gasteiger partial charge in [0, 0.05) is 6.42 Å². The highest BCUT2D eigenvalue weighted by Crippen LogP contribution is 2.33. The lowest BCUT2D eigenvalue weighted by molar-refractivity contribution is -0.379. The second-order valence-corrected chi connectivity index (χ2v) is 29.6. The summed E-state index contributed by atoms with van der Waals surface area (Å²) in [7, 11) is 0. The topological polar surface area (TPSA) is 307 Å². The van der Waals surface area contributed by atoms with Crippen molar-refractivity contribution in [2.75, 3.05) is 26.4 Å². The molecule has 0 aromatic carbocycles. The first kappa shape index (κ1) is 98.9. The molecule has 0 bridgehead atoms. The zero-order valence-electron chi connectivity index (χ0n) is 67.0. The first-order valence-electron chi connectivity index (χ1n) is 42.6. The van der Waals surface area contributed by atoms with Gasteiger partial charge in [0.15, 0.2) is 18.9 Å². The van der Waals surface area contributed by atoms with E-state index in [-0.39, 0.29) is 18.9 Å². The van der Waals surface area contributed by atoms with Gasteiger partial charge in [-0.2, -0.15) is 0 Å². The van der Waals surface area contributed by atoms with Crippen LogP contribution in [0.4, 0.5) is 0 Å². The Morgan fingerprint density at radius 2 is 0.633 bits per heavy atom. The third-order valence-corrected chi connectivity index (χ3v) is 20.1. The minimum absolute atomic E-state index is 0.222. The van der Waals surface area contributed by atoms with E-state index in [1.165, 1.54) is 116 Å². The van der Waals surface area contributed by atoms with Crippen molar-refractivity contribution in [1.82, 2.24) is 5.32 Å². The van der Waals surface area contributed by atoms with E-state index in [4.69, 9.17) is 28.4 Å². The number of ether oxygens (including phenoxy) is 6. The number of nitrogens with one attached hydrogen (secondary N) is 1. The SMILES string of the molecule is CC/C=C\C/C=C\C/C=C\C/C=C\C/C=C\C/C=C\C/C=C\C/C=C\C/C=C\C/C=C\C/C=C\CCCCCCCCCC(=O)NC(COC1OC(CO)C(OC2OC(CO)C(OC3OC(CO)C(O)C(O)C3O)C(O)C2O)C(O)C1O)C(O)/C=C/CCCCCCCCCCCCCCCCCCCCCCC. The molecule has 19 heteroatoms. The Morgan fingerprint density at radius 1 is 0.339 bits per heavy atom.